The average Bonchev–Trinajstić information content (AvgIpc) is 0.793. The number of fused-ring (bicyclic) bond motifs is 8. The molecule has 8 aliphatic rings. The maximum Gasteiger partial charge on any atom is 0.416 e. The fourth-order valence-corrected chi connectivity index (χ4v) is 18.4. The number of anilines is 6. The van der Waals surface area contributed by atoms with Gasteiger partial charge in [0.25, 0.3) is 0 Å². The first-order valence-corrected chi connectivity index (χ1v) is 41.7. The normalized spacial score (nSPS) is 15.3. The number of thioether (sulfide) groups is 8. The molecule has 540 valence electrons. The zero-order chi connectivity index (χ0) is 72.7. The summed E-state index contributed by atoms with van der Waals surface area (Å²) in [4.78, 5) is 33.4. The van der Waals surface area contributed by atoms with Gasteiger partial charge in [0.05, 0.1) is 65.3 Å². The Morgan fingerprint density at radius 1 is 0.422 bits per heavy atom. The van der Waals surface area contributed by atoms with Crippen molar-refractivity contribution in [3.63, 3.8) is 0 Å². The van der Waals surface area contributed by atoms with Crippen LogP contribution in [0, 0.1) is 55.4 Å². The van der Waals surface area contributed by atoms with Gasteiger partial charge >= 0.3 is 6.18 Å². The van der Waals surface area contributed by atoms with Crippen molar-refractivity contribution in [3.8, 4) is 0 Å². The molecule has 11 heterocycles. The van der Waals surface area contributed by atoms with Crippen molar-refractivity contribution in [2.45, 2.75) is 134 Å². The molecule has 1 amide bonds. The molecule has 16 rings (SSSR count). The fourth-order valence-electron chi connectivity index (χ4n) is 10.4. The van der Waals surface area contributed by atoms with Gasteiger partial charge in [0.15, 0.2) is 0 Å². The zero-order valence-electron chi connectivity index (χ0n) is 57.4. The van der Waals surface area contributed by atoms with Crippen LogP contribution < -0.4 is 31.9 Å². The van der Waals surface area contributed by atoms with E-state index in [1.165, 1.54) is 148 Å². The Morgan fingerprint density at radius 3 is 1.52 bits per heavy atom. The summed E-state index contributed by atoms with van der Waals surface area (Å²) in [6.45, 7) is 32.1. The molecule has 0 unspecified atom stereocenters. The molecule has 0 aliphatic carbocycles. The second-order valence-corrected chi connectivity index (χ2v) is 34.4. The third-order valence-corrected chi connectivity index (χ3v) is 26.2. The van der Waals surface area contributed by atoms with Gasteiger partial charge in [0.2, 0.25) is 5.91 Å². The second-order valence-electron chi connectivity index (χ2n) is 24.3. The van der Waals surface area contributed by atoms with E-state index in [-0.39, 0.29) is 18.9 Å². The quantitative estimate of drug-likeness (QED) is 0.0861. The van der Waals surface area contributed by atoms with Crippen LogP contribution in [0.1, 0.15) is 82.0 Å². The number of nitrogens with zero attached hydrogens (tertiary/aromatic N) is 3. The molecule has 8 aliphatic heterocycles. The highest BCUT2D eigenvalue weighted by Crippen LogP contribution is 2.43. The van der Waals surface area contributed by atoms with Crippen LogP contribution in [0.25, 0.3) is 0 Å². The summed E-state index contributed by atoms with van der Waals surface area (Å²) in [6.07, 6.45) is 0.597. The number of benzene rings is 5. The molecule has 0 bridgehead atoms. The number of pyridine rings is 3. The number of amides is 1. The van der Waals surface area contributed by atoms with Crippen LogP contribution in [0.5, 0.6) is 0 Å². The van der Waals surface area contributed by atoms with Gasteiger partial charge in [-0.3, -0.25) is 9.78 Å². The lowest BCUT2D eigenvalue weighted by molar-refractivity contribution is -0.138. The molecule has 0 spiro atoms. The molecule has 3 aromatic heterocycles. The Labute approximate surface area is 654 Å². The monoisotopic (exact) mass is 1600 g/mol. The van der Waals surface area contributed by atoms with Gasteiger partial charge in [0, 0.05) is 109 Å². The molecule has 0 atom stereocenters. The van der Waals surface area contributed by atoms with Gasteiger partial charge in [0.1, 0.15) is 11.6 Å². The second kappa shape index (κ2) is 38.8. The highest BCUT2D eigenvalue weighted by atomic mass is 35.5. The van der Waals surface area contributed by atoms with E-state index in [9.17, 15) is 18.0 Å². The van der Waals surface area contributed by atoms with Gasteiger partial charge in [-0.15, -0.1) is 94.1 Å². The maximum atomic E-state index is 12.6. The van der Waals surface area contributed by atoms with Crippen molar-refractivity contribution in [2.24, 2.45) is 0 Å². The lowest BCUT2D eigenvalue weighted by Gasteiger charge is -2.22. The number of rotatable bonds is 0. The molecule has 102 heavy (non-hydrogen) atoms. The summed E-state index contributed by atoms with van der Waals surface area (Å²) in [5, 5.41) is 22.0. The van der Waals surface area contributed by atoms with Crippen LogP contribution in [0.2, 0.25) is 20.1 Å². The number of carbonyl (C=O) groups excluding carboxylic acids is 1. The van der Waals surface area contributed by atoms with E-state index < -0.39 is 11.7 Å². The Balaban J connectivity index is 0.000000148. The number of carbonyl (C=O) groups is 1. The molecule has 0 fully saturated rings. The highest BCUT2D eigenvalue weighted by Gasteiger charge is 2.34. The summed E-state index contributed by atoms with van der Waals surface area (Å²) in [5.74, 6) is 9.10. The highest BCUT2D eigenvalue weighted by molar-refractivity contribution is 8.01. The predicted octanol–water partition coefficient (Wildman–Crippen LogP) is 25.2. The van der Waals surface area contributed by atoms with E-state index in [0.717, 1.165) is 107 Å². The number of aromatic nitrogens is 3. The van der Waals surface area contributed by atoms with Crippen LogP contribution in [0.3, 0.4) is 0 Å². The SMILES string of the molecule is C.C=C1CSc2cc(C(F)(F)F)c(C)cc2N1.C=C1CSc2cc(Cl)c(C)cc2N1.C=C1CSc2ccc(C)cc2N1.C=C1CSc2ccc(C)nc2N1.Cc1cc2c(cc1Cl)SCCC2.Cc1ccc2c(c1)NCCS2.Cc1nc2c(cc1Cl)SCC(=O)N2.Cc1nc2c(cc1Cl)SCCC2. The van der Waals surface area contributed by atoms with Crippen molar-refractivity contribution in [2.75, 3.05) is 84.5 Å². The van der Waals surface area contributed by atoms with E-state index in [2.05, 4.69) is 155 Å². The molecule has 5 aromatic carbocycles. The molecule has 8 aromatic rings. The smallest absolute Gasteiger partial charge is 0.383 e. The van der Waals surface area contributed by atoms with Crippen LogP contribution >= 0.6 is 140 Å². The first kappa shape index (κ1) is 82.4. The summed E-state index contributed by atoms with van der Waals surface area (Å²) in [7, 11) is 0. The van der Waals surface area contributed by atoms with Crippen LogP contribution in [0.4, 0.5) is 47.6 Å². The Bertz CT molecular complexity index is 4160. The summed E-state index contributed by atoms with van der Waals surface area (Å²) < 4.78 is 37.9. The molecule has 6 N–H and O–H groups in total. The van der Waals surface area contributed by atoms with Crippen molar-refractivity contribution in [3.05, 3.63) is 228 Å². The van der Waals surface area contributed by atoms with Gasteiger partial charge in [-0.05, 0) is 205 Å². The Hall–Kier alpha value is -5.27. The van der Waals surface area contributed by atoms with Crippen molar-refractivity contribution in [1.82, 2.24) is 15.0 Å². The Morgan fingerprint density at radius 2 is 0.882 bits per heavy atom. The standard InChI is InChI=1S/C11H10F3NS.C10H10ClNS.C10H11ClS.C10H11NS.C9H10ClNS.C9H10N2S.C9H11NS.C8H7ClN2OS.CH4/c1-6-3-9-10(16-5-7(2)15-9)4-8(6)11(12,13)14;1-6-3-9-10(4-8(6)11)13-5-7(2)12-9;1-7-5-8-3-2-4-12-10(8)6-9(7)11;1-7-3-4-10-9(5-7)11-8(2)6-12-10;1-6-7(10)5-9-8(11-6)3-2-4-12-9;1-6-3-4-8-9(10-6)11-7(2)5-12-8;1-7-2-3-9-8(6-7)10-4-5-11-9;1-4-5(9)2-6-8(10-4)11-7(12)3-13-6;/h3-4,15H,2,5H2,1H3;3-4,12H,2,5H2,1H3;5-6H,2-4H2,1H3;3-5,11H,2,6H2,1H3;5H,2-4H2,1H3;3-4H,2,5H2,1H3,(H,10,11);2-3,6,10H,4-5H2,1H3;2H,3H2,1H3,(H,10,11,12);1H4. The minimum Gasteiger partial charge on any atom is -0.383 e. The maximum absolute atomic E-state index is 12.6. The van der Waals surface area contributed by atoms with Crippen LogP contribution in [0.15, 0.2) is 185 Å². The Kier molecular flexibility index (Phi) is 31.4. The molecule has 0 saturated heterocycles. The number of alkyl halides is 3. The fraction of sp³-hybridized carbons (Fsp3) is 0.299. The van der Waals surface area contributed by atoms with Gasteiger partial charge in [-0.25, -0.2) is 9.97 Å². The lowest BCUT2D eigenvalue weighted by atomic mass is 10.1. The average molecular weight is 1610 g/mol. The van der Waals surface area contributed by atoms with E-state index in [0.29, 0.717) is 32.9 Å². The first-order valence-electron chi connectivity index (χ1n) is 32.3. The number of hydrogen-bond acceptors (Lipinski definition) is 17. The largest absolute Gasteiger partial charge is 0.416 e. The molecule has 10 nitrogen and oxygen atoms in total. The van der Waals surface area contributed by atoms with Gasteiger partial charge < -0.3 is 31.9 Å². The topological polar surface area (TPSA) is 128 Å². The minimum absolute atomic E-state index is 0. The predicted molar refractivity (Wildman–Crippen MR) is 445 cm³/mol. The number of nitrogens with one attached hydrogen (secondary N) is 6. The number of aryl methyl sites for hydroxylation is 10. The van der Waals surface area contributed by atoms with E-state index in [1.54, 1.807) is 23.5 Å². The third kappa shape index (κ3) is 24.1. The minimum atomic E-state index is -4.28. The van der Waals surface area contributed by atoms with Crippen molar-refractivity contribution in [1.29, 1.82) is 0 Å². The summed E-state index contributed by atoms with van der Waals surface area (Å²) in [6, 6.07) is 32.2. The summed E-state index contributed by atoms with van der Waals surface area (Å²) >= 11 is 37.9. The molecule has 0 saturated carbocycles. The zero-order valence-corrected chi connectivity index (χ0v) is 67.0. The molecule has 25 heteroatoms. The van der Waals surface area contributed by atoms with Crippen molar-refractivity contribution >= 4 is 181 Å². The van der Waals surface area contributed by atoms with Gasteiger partial charge in [-0.1, -0.05) is 98.3 Å². The van der Waals surface area contributed by atoms with Gasteiger partial charge in [-0.2, -0.15) is 13.2 Å². The molecular formula is C77H84Cl4F3N9OS8. The van der Waals surface area contributed by atoms with E-state index >= 15 is 0 Å². The molecule has 0 radical (unpaired) electrons. The van der Waals surface area contributed by atoms with E-state index in [1.807, 2.05) is 99.0 Å². The number of halogens is 7. The van der Waals surface area contributed by atoms with Crippen molar-refractivity contribution < 1.29 is 18.0 Å². The number of hydrogen-bond donors (Lipinski definition) is 6. The molecular weight excluding hydrogens is 1520 g/mol. The summed E-state index contributed by atoms with van der Waals surface area (Å²) in [5.41, 5.74) is 18.4. The third-order valence-electron chi connectivity index (χ3n) is 15.6. The van der Waals surface area contributed by atoms with E-state index in [4.69, 9.17) is 46.4 Å². The van der Waals surface area contributed by atoms with Crippen LogP contribution in [-0.2, 0) is 23.8 Å². The lowest BCUT2D eigenvalue weighted by Crippen LogP contribution is -2.19. The van der Waals surface area contributed by atoms with Crippen LogP contribution in [-0.4, -0.2) is 73.4 Å². The first-order chi connectivity index (χ1) is 48.1.